The molecular weight excluding hydrogens is 180 g/mol. The molecule has 0 fully saturated rings. The van der Waals surface area contributed by atoms with Gasteiger partial charge < -0.3 is 10.5 Å². The molecule has 1 rings (SSSR count). The smallest absolute Gasteiger partial charge is 0.179 e. The Balaban J connectivity index is 2.49. The molecule has 5 heteroatoms. The highest BCUT2D eigenvalue weighted by atomic mass is 16.5. The second-order valence-corrected chi connectivity index (χ2v) is 3.13. The number of nitrogens with zero attached hydrogens (tertiary/aromatic N) is 2. The molecule has 1 atom stereocenters. The molecule has 80 valence electrons. The van der Waals surface area contributed by atoms with E-state index in [0.29, 0.717) is 13.2 Å². The maximum absolute atomic E-state index is 5.40. The maximum atomic E-state index is 5.40. The van der Waals surface area contributed by atoms with Gasteiger partial charge in [0, 0.05) is 13.0 Å². The van der Waals surface area contributed by atoms with Gasteiger partial charge in [0.1, 0.15) is 11.9 Å². The zero-order valence-electron chi connectivity index (χ0n) is 8.79. The minimum atomic E-state index is -0.0390. The summed E-state index contributed by atoms with van der Waals surface area (Å²) in [5.74, 6) is 1.61. The van der Waals surface area contributed by atoms with Gasteiger partial charge in [-0.2, -0.15) is 5.10 Å². The van der Waals surface area contributed by atoms with Crippen LogP contribution in [0.2, 0.25) is 0 Å². The molecule has 0 bridgehead atoms. The molecule has 1 heterocycles. The predicted octanol–water partition coefficient (Wildman–Crippen LogP) is 0.794. The van der Waals surface area contributed by atoms with Crippen LogP contribution in [0, 0.1) is 0 Å². The lowest BCUT2D eigenvalue weighted by atomic mass is 10.3. The minimum absolute atomic E-state index is 0.0390. The van der Waals surface area contributed by atoms with Crippen molar-refractivity contribution in [2.45, 2.75) is 32.8 Å². The van der Waals surface area contributed by atoms with E-state index in [1.807, 2.05) is 13.8 Å². The Hall–Kier alpha value is -0.940. The molecule has 0 aliphatic carbocycles. The van der Waals surface area contributed by atoms with Gasteiger partial charge in [0.05, 0.1) is 0 Å². The first-order valence-corrected chi connectivity index (χ1v) is 5.00. The number of H-pyrrole nitrogens is 1. The number of aryl methyl sites for hydroxylation is 1. The van der Waals surface area contributed by atoms with E-state index in [4.69, 9.17) is 10.5 Å². The average molecular weight is 198 g/mol. The molecule has 0 saturated carbocycles. The lowest BCUT2D eigenvalue weighted by molar-refractivity contribution is 0.0703. The Bertz CT molecular complexity index is 261. The number of hydrogen-bond acceptors (Lipinski definition) is 4. The van der Waals surface area contributed by atoms with E-state index < -0.39 is 0 Å². The van der Waals surface area contributed by atoms with Crippen molar-refractivity contribution in [3.63, 3.8) is 0 Å². The molecule has 1 aromatic heterocycles. The molecule has 14 heavy (non-hydrogen) atoms. The van der Waals surface area contributed by atoms with E-state index in [9.17, 15) is 0 Å². The Morgan fingerprint density at radius 1 is 1.57 bits per heavy atom. The summed E-state index contributed by atoms with van der Waals surface area (Å²) in [7, 11) is 0. The van der Waals surface area contributed by atoms with Crippen molar-refractivity contribution in [2.75, 3.05) is 13.2 Å². The molecule has 0 aromatic carbocycles. The van der Waals surface area contributed by atoms with Gasteiger partial charge in [-0.05, 0) is 26.8 Å². The largest absolute Gasteiger partial charge is 0.371 e. The summed E-state index contributed by atoms with van der Waals surface area (Å²) in [6.07, 6.45) is 1.74. The molecule has 0 amide bonds. The standard InChI is InChI=1S/C9H18N4O/c1-3-14-7(2)9-11-8(12-13-9)5-4-6-10/h7H,3-6,10H2,1-2H3,(H,11,12,13). The summed E-state index contributed by atoms with van der Waals surface area (Å²) in [6, 6.07) is 0. The fraction of sp³-hybridized carbons (Fsp3) is 0.778. The van der Waals surface area contributed by atoms with Crippen molar-refractivity contribution in [3.05, 3.63) is 11.6 Å². The van der Waals surface area contributed by atoms with Crippen molar-refractivity contribution in [1.29, 1.82) is 0 Å². The van der Waals surface area contributed by atoms with Crippen molar-refractivity contribution in [3.8, 4) is 0 Å². The van der Waals surface area contributed by atoms with Gasteiger partial charge >= 0.3 is 0 Å². The van der Waals surface area contributed by atoms with Crippen LogP contribution in [0.4, 0.5) is 0 Å². The van der Waals surface area contributed by atoms with Crippen LogP contribution in [0.25, 0.3) is 0 Å². The van der Waals surface area contributed by atoms with E-state index in [2.05, 4.69) is 15.2 Å². The highest BCUT2D eigenvalue weighted by molar-refractivity contribution is 4.93. The summed E-state index contributed by atoms with van der Waals surface area (Å²) in [4.78, 5) is 4.32. The fourth-order valence-electron chi connectivity index (χ4n) is 1.20. The summed E-state index contributed by atoms with van der Waals surface area (Å²) in [5.41, 5.74) is 5.40. The second kappa shape index (κ2) is 5.72. The average Bonchev–Trinajstić information content (AvgIpc) is 2.63. The lowest BCUT2D eigenvalue weighted by Crippen LogP contribution is -2.03. The molecular formula is C9H18N4O. The topological polar surface area (TPSA) is 76.8 Å². The van der Waals surface area contributed by atoms with E-state index in [0.717, 1.165) is 24.5 Å². The SMILES string of the molecule is CCOC(C)c1n[nH]c(CCCN)n1. The fourth-order valence-corrected chi connectivity index (χ4v) is 1.20. The summed E-state index contributed by atoms with van der Waals surface area (Å²) in [5, 5.41) is 6.97. The van der Waals surface area contributed by atoms with Gasteiger partial charge in [0.15, 0.2) is 5.82 Å². The minimum Gasteiger partial charge on any atom is -0.371 e. The third-order valence-corrected chi connectivity index (χ3v) is 1.95. The predicted molar refractivity (Wildman–Crippen MR) is 53.8 cm³/mol. The zero-order chi connectivity index (χ0) is 10.4. The van der Waals surface area contributed by atoms with Crippen LogP contribution in [0.3, 0.4) is 0 Å². The lowest BCUT2D eigenvalue weighted by Gasteiger charge is -2.05. The van der Waals surface area contributed by atoms with Crippen LogP contribution in [-0.4, -0.2) is 28.3 Å². The van der Waals surface area contributed by atoms with Gasteiger partial charge in [-0.25, -0.2) is 4.98 Å². The molecule has 0 saturated heterocycles. The van der Waals surface area contributed by atoms with E-state index >= 15 is 0 Å². The maximum Gasteiger partial charge on any atom is 0.179 e. The van der Waals surface area contributed by atoms with Crippen LogP contribution in [-0.2, 0) is 11.2 Å². The van der Waals surface area contributed by atoms with Crippen LogP contribution >= 0.6 is 0 Å². The monoisotopic (exact) mass is 198 g/mol. The molecule has 0 aliphatic heterocycles. The van der Waals surface area contributed by atoms with E-state index in [1.165, 1.54) is 0 Å². The van der Waals surface area contributed by atoms with Crippen LogP contribution in [0.1, 0.15) is 38.0 Å². The number of nitrogens with one attached hydrogen (secondary N) is 1. The molecule has 0 aliphatic rings. The first-order chi connectivity index (χ1) is 6.77. The van der Waals surface area contributed by atoms with Crippen LogP contribution in [0.5, 0.6) is 0 Å². The third-order valence-electron chi connectivity index (χ3n) is 1.95. The van der Waals surface area contributed by atoms with Gasteiger partial charge in [0.25, 0.3) is 0 Å². The van der Waals surface area contributed by atoms with Gasteiger partial charge in [-0.3, -0.25) is 5.10 Å². The second-order valence-electron chi connectivity index (χ2n) is 3.13. The Morgan fingerprint density at radius 2 is 2.36 bits per heavy atom. The Kier molecular flexibility index (Phi) is 4.55. The van der Waals surface area contributed by atoms with Gasteiger partial charge in [-0.1, -0.05) is 0 Å². The van der Waals surface area contributed by atoms with Crippen molar-refractivity contribution in [1.82, 2.24) is 15.2 Å². The number of nitrogens with two attached hydrogens (primary N) is 1. The molecule has 0 radical (unpaired) electrons. The summed E-state index contributed by atoms with van der Waals surface area (Å²) in [6.45, 7) is 5.25. The highest BCUT2D eigenvalue weighted by Gasteiger charge is 2.10. The first kappa shape index (κ1) is 11.1. The van der Waals surface area contributed by atoms with Crippen LogP contribution < -0.4 is 5.73 Å². The first-order valence-electron chi connectivity index (χ1n) is 5.00. The van der Waals surface area contributed by atoms with Crippen LogP contribution in [0.15, 0.2) is 0 Å². The van der Waals surface area contributed by atoms with Gasteiger partial charge in [0.2, 0.25) is 0 Å². The van der Waals surface area contributed by atoms with Gasteiger partial charge in [-0.15, -0.1) is 0 Å². The van der Waals surface area contributed by atoms with Crippen molar-refractivity contribution >= 4 is 0 Å². The summed E-state index contributed by atoms with van der Waals surface area (Å²) < 4.78 is 5.38. The Morgan fingerprint density at radius 3 is 3.00 bits per heavy atom. The zero-order valence-corrected chi connectivity index (χ0v) is 8.79. The quantitative estimate of drug-likeness (QED) is 0.708. The number of aromatic nitrogens is 3. The highest BCUT2D eigenvalue weighted by Crippen LogP contribution is 2.11. The summed E-state index contributed by atoms with van der Waals surface area (Å²) >= 11 is 0. The Labute approximate surface area is 84.1 Å². The number of hydrogen-bond donors (Lipinski definition) is 2. The molecule has 3 N–H and O–H groups in total. The van der Waals surface area contributed by atoms with E-state index in [1.54, 1.807) is 0 Å². The van der Waals surface area contributed by atoms with E-state index in [-0.39, 0.29) is 6.10 Å². The third kappa shape index (κ3) is 3.08. The van der Waals surface area contributed by atoms with Crippen molar-refractivity contribution in [2.24, 2.45) is 5.73 Å². The number of ether oxygens (including phenoxy) is 1. The number of aromatic amines is 1. The normalized spacial score (nSPS) is 13.1. The molecule has 0 spiro atoms. The molecule has 1 unspecified atom stereocenters. The van der Waals surface area contributed by atoms with Crippen molar-refractivity contribution < 1.29 is 4.74 Å². The molecule has 1 aromatic rings. The number of rotatable bonds is 6. The molecule has 5 nitrogen and oxygen atoms in total.